The van der Waals surface area contributed by atoms with Gasteiger partial charge in [0.15, 0.2) is 0 Å². The van der Waals surface area contributed by atoms with Crippen LogP contribution in [0.4, 0.5) is 5.69 Å². The molecule has 0 radical (unpaired) electrons. The second-order valence-corrected chi connectivity index (χ2v) is 5.09. The van der Waals surface area contributed by atoms with E-state index in [-0.39, 0.29) is 0 Å². The molecule has 0 aromatic heterocycles. The summed E-state index contributed by atoms with van der Waals surface area (Å²) < 4.78 is 0. The van der Waals surface area contributed by atoms with Crippen LogP contribution >= 0.6 is 0 Å². The van der Waals surface area contributed by atoms with Crippen LogP contribution < -0.4 is 5.32 Å². The predicted molar refractivity (Wildman–Crippen MR) is 71.0 cm³/mol. The van der Waals surface area contributed by atoms with Crippen LogP contribution in [0.2, 0.25) is 0 Å². The van der Waals surface area contributed by atoms with E-state index in [1.165, 1.54) is 41.4 Å². The fourth-order valence-electron chi connectivity index (χ4n) is 3.20. The Balaban J connectivity index is 1.91. The zero-order valence-corrected chi connectivity index (χ0v) is 9.82. The van der Waals surface area contributed by atoms with Crippen molar-refractivity contribution in [1.82, 2.24) is 4.90 Å². The number of benzene rings is 2. The Hall–Kier alpha value is -1.54. The molecule has 2 aliphatic rings. The maximum Gasteiger partial charge on any atom is 0.0796 e. The maximum atomic E-state index is 3.68. The molecule has 2 heteroatoms. The van der Waals surface area contributed by atoms with Crippen molar-refractivity contribution in [1.29, 1.82) is 0 Å². The Labute approximate surface area is 101 Å². The second kappa shape index (κ2) is 3.47. The zero-order chi connectivity index (χ0) is 11.2. The van der Waals surface area contributed by atoms with Gasteiger partial charge in [0, 0.05) is 18.8 Å². The van der Waals surface area contributed by atoms with Crippen molar-refractivity contribution in [2.75, 3.05) is 11.9 Å². The third-order valence-corrected chi connectivity index (χ3v) is 4.09. The molecule has 0 amide bonds. The lowest BCUT2D eigenvalue weighted by Crippen LogP contribution is -2.39. The molecule has 0 bridgehead atoms. The zero-order valence-electron chi connectivity index (χ0n) is 9.82. The van der Waals surface area contributed by atoms with Crippen LogP contribution in [0.1, 0.15) is 18.4 Å². The highest BCUT2D eigenvalue weighted by molar-refractivity contribution is 5.90. The second-order valence-electron chi connectivity index (χ2n) is 5.09. The topological polar surface area (TPSA) is 15.3 Å². The van der Waals surface area contributed by atoms with Crippen LogP contribution in [0, 0.1) is 0 Å². The summed E-state index contributed by atoms with van der Waals surface area (Å²) in [5.41, 5.74) is 2.81. The Morgan fingerprint density at radius 2 is 2.06 bits per heavy atom. The number of rotatable bonds is 0. The van der Waals surface area contributed by atoms with Gasteiger partial charge in [0.05, 0.1) is 6.17 Å². The summed E-state index contributed by atoms with van der Waals surface area (Å²) in [7, 11) is 0. The lowest BCUT2D eigenvalue weighted by atomic mass is 10.0. The average Bonchev–Trinajstić information content (AvgIpc) is 2.83. The number of hydrogen-bond acceptors (Lipinski definition) is 2. The minimum atomic E-state index is 0.573. The largest absolute Gasteiger partial charge is 0.369 e. The van der Waals surface area contributed by atoms with Crippen molar-refractivity contribution in [2.24, 2.45) is 0 Å². The number of nitrogens with zero attached hydrogens (tertiary/aromatic N) is 1. The summed E-state index contributed by atoms with van der Waals surface area (Å²) in [6, 6.07) is 13.2. The van der Waals surface area contributed by atoms with E-state index in [1.54, 1.807) is 0 Å². The first kappa shape index (κ1) is 9.49. The molecule has 17 heavy (non-hydrogen) atoms. The summed E-state index contributed by atoms with van der Waals surface area (Å²) >= 11 is 0. The third kappa shape index (κ3) is 1.37. The van der Waals surface area contributed by atoms with Crippen molar-refractivity contribution < 1.29 is 0 Å². The molecule has 1 fully saturated rings. The van der Waals surface area contributed by atoms with E-state index in [9.17, 15) is 0 Å². The molecule has 2 nitrogen and oxygen atoms in total. The highest BCUT2D eigenvalue weighted by Crippen LogP contribution is 2.35. The van der Waals surface area contributed by atoms with Crippen LogP contribution in [0.15, 0.2) is 36.4 Å². The van der Waals surface area contributed by atoms with Crippen molar-refractivity contribution in [3.63, 3.8) is 0 Å². The quantitative estimate of drug-likeness (QED) is 0.739. The standard InChI is InChI=1S/C15H16N2/c1-2-5-12-11(4-1)7-8-14-13(12)10-17-9-3-6-15(17)16-14/h1-2,4-5,7-8,15-16H,3,6,9-10H2/t15-/m1/s1. The summed E-state index contributed by atoms with van der Waals surface area (Å²) in [6.45, 7) is 2.34. The molecule has 2 aromatic rings. The monoisotopic (exact) mass is 224 g/mol. The number of anilines is 1. The van der Waals surface area contributed by atoms with Gasteiger partial charge in [-0.2, -0.15) is 0 Å². The van der Waals surface area contributed by atoms with E-state index in [0.717, 1.165) is 6.54 Å². The Morgan fingerprint density at radius 1 is 1.12 bits per heavy atom. The number of nitrogens with one attached hydrogen (secondary N) is 1. The van der Waals surface area contributed by atoms with Crippen molar-refractivity contribution in [3.05, 3.63) is 42.0 Å². The van der Waals surface area contributed by atoms with Crippen LogP contribution in [-0.4, -0.2) is 17.6 Å². The molecule has 1 saturated heterocycles. The van der Waals surface area contributed by atoms with E-state index >= 15 is 0 Å². The molecule has 0 unspecified atom stereocenters. The molecule has 0 aliphatic carbocycles. The van der Waals surface area contributed by atoms with Crippen LogP contribution in [0.25, 0.3) is 10.8 Å². The highest BCUT2D eigenvalue weighted by atomic mass is 15.3. The summed E-state index contributed by atoms with van der Waals surface area (Å²) in [5, 5.41) is 6.43. The van der Waals surface area contributed by atoms with Gasteiger partial charge in [-0.1, -0.05) is 30.3 Å². The summed E-state index contributed by atoms with van der Waals surface area (Å²) in [6.07, 6.45) is 3.18. The molecule has 1 atom stereocenters. The predicted octanol–water partition coefficient (Wildman–Crippen LogP) is 3.19. The van der Waals surface area contributed by atoms with Crippen molar-refractivity contribution in [2.45, 2.75) is 25.6 Å². The van der Waals surface area contributed by atoms with Gasteiger partial charge in [-0.05, 0) is 35.2 Å². The molecular formula is C15H16N2. The van der Waals surface area contributed by atoms with Gasteiger partial charge in [-0.15, -0.1) is 0 Å². The van der Waals surface area contributed by atoms with E-state index in [4.69, 9.17) is 0 Å². The van der Waals surface area contributed by atoms with E-state index < -0.39 is 0 Å². The van der Waals surface area contributed by atoms with Gasteiger partial charge in [0.2, 0.25) is 0 Å². The van der Waals surface area contributed by atoms with Crippen LogP contribution in [0.5, 0.6) is 0 Å². The Kier molecular flexibility index (Phi) is 1.94. The SMILES string of the molecule is c1ccc2c3c(ccc2c1)N[C@H]1CCCN1C3. The summed E-state index contributed by atoms with van der Waals surface area (Å²) in [4.78, 5) is 2.56. The van der Waals surface area contributed by atoms with Gasteiger partial charge in [0.1, 0.15) is 0 Å². The fourth-order valence-corrected chi connectivity index (χ4v) is 3.20. The van der Waals surface area contributed by atoms with E-state index in [0.29, 0.717) is 6.17 Å². The molecule has 2 heterocycles. The molecular weight excluding hydrogens is 208 g/mol. The Bertz CT molecular complexity index is 576. The molecule has 86 valence electrons. The minimum absolute atomic E-state index is 0.573. The normalized spacial score (nSPS) is 23.2. The smallest absolute Gasteiger partial charge is 0.0796 e. The highest BCUT2D eigenvalue weighted by Gasteiger charge is 2.29. The van der Waals surface area contributed by atoms with Gasteiger partial charge < -0.3 is 5.32 Å². The minimum Gasteiger partial charge on any atom is -0.369 e. The number of fused-ring (bicyclic) bond motifs is 4. The van der Waals surface area contributed by atoms with Crippen molar-refractivity contribution in [3.8, 4) is 0 Å². The molecule has 2 aromatic carbocycles. The van der Waals surface area contributed by atoms with Crippen LogP contribution in [-0.2, 0) is 6.54 Å². The van der Waals surface area contributed by atoms with E-state index in [2.05, 4.69) is 46.6 Å². The summed E-state index contributed by atoms with van der Waals surface area (Å²) in [5.74, 6) is 0. The first-order valence-electron chi connectivity index (χ1n) is 6.43. The lowest BCUT2D eigenvalue weighted by molar-refractivity contribution is 0.258. The third-order valence-electron chi connectivity index (χ3n) is 4.09. The maximum absolute atomic E-state index is 3.68. The van der Waals surface area contributed by atoms with Gasteiger partial charge >= 0.3 is 0 Å². The molecule has 2 aliphatic heterocycles. The lowest BCUT2D eigenvalue weighted by Gasteiger charge is -2.33. The number of hydrogen-bond donors (Lipinski definition) is 1. The van der Waals surface area contributed by atoms with Crippen LogP contribution in [0.3, 0.4) is 0 Å². The first-order valence-corrected chi connectivity index (χ1v) is 6.43. The molecule has 4 rings (SSSR count). The van der Waals surface area contributed by atoms with Crippen molar-refractivity contribution >= 4 is 16.5 Å². The van der Waals surface area contributed by atoms with E-state index in [1.807, 2.05) is 0 Å². The van der Waals surface area contributed by atoms with Gasteiger partial charge in [-0.3, -0.25) is 4.90 Å². The van der Waals surface area contributed by atoms with Gasteiger partial charge in [-0.25, -0.2) is 0 Å². The first-order chi connectivity index (χ1) is 8.42. The molecule has 0 spiro atoms. The van der Waals surface area contributed by atoms with Gasteiger partial charge in [0.25, 0.3) is 0 Å². The molecule has 1 N–H and O–H groups in total. The Morgan fingerprint density at radius 3 is 3.06 bits per heavy atom. The fraction of sp³-hybridized carbons (Fsp3) is 0.333. The average molecular weight is 224 g/mol. The molecule has 0 saturated carbocycles.